The van der Waals surface area contributed by atoms with E-state index in [1.165, 1.54) is 4.90 Å². The van der Waals surface area contributed by atoms with E-state index in [4.69, 9.17) is 0 Å². The van der Waals surface area contributed by atoms with Crippen LogP contribution in [0.5, 0.6) is 0 Å². The number of hydrogen-bond donors (Lipinski definition) is 2. The first-order valence-corrected chi connectivity index (χ1v) is 8.69. The van der Waals surface area contributed by atoms with Gasteiger partial charge in [0.15, 0.2) is 0 Å². The third kappa shape index (κ3) is 3.88. The molecule has 2 rings (SSSR count). The van der Waals surface area contributed by atoms with E-state index in [-0.39, 0.29) is 42.5 Å². The van der Waals surface area contributed by atoms with Gasteiger partial charge in [0.25, 0.3) is 5.91 Å². The van der Waals surface area contributed by atoms with Gasteiger partial charge in [0, 0.05) is 5.54 Å². The highest BCUT2D eigenvalue weighted by Crippen LogP contribution is 2.38. The van der Waals surface area contributed by atoms with Crippen LogP contribution in [0, 0.1) is 5.92 Å². The molecule has 1 spiro atoms. The molecule has 1 heterocycles. The minimum absolute atomic E-state index is 0.122. The maximum absolute atomic E-state index is 12.9. The quantitative estimate of drug-likeness (QED) is 0.757. The highest BCUT2D eigenvalue weighted by atomic mass is 16.2. The van der Waals surface area contributed by atoms with Gasteiger partial charge in [-0.25, -0.2) is 9.69 Å². The van der Waals surface area contributed by atoms with Gasteiger partial charge in [0.1, 0.15) is 5.54 Å². The van der Waals surface area contributed by atoms with Crippen LogP contribution >= 0.6 is 0 Å². The SMILES string of the molecule is CC1CCCCC12NC(=O)N(CN(C)CC(=O)NC(C)(C)C)C2=O. The van der Waals surface area contributed by atoms with Crippen molar-refractivity contribution >= 4 is 17.8 Å². The Morgan fingerprint density at radius 3 is 2.62 bits per heavy atom. The summed E-state index contributed by atoms with van der Waals surface area (Å²) < 4.78 is 0. The van der Waals surface area contributed by atoms with Crippen LogP contribution in [0.25, 0.3) is 0 Å². The lowest BCUT2D eigenvalue weighted by Crippen LogP contribution is -2.54. The molecule has 1 saturated carbocycles. The van der Waals surface area contributed by atoms with Crippen molar-refractivity contribution < 1.29 is 14.4 Å². The number of imide groups is 1. The zero-order chi connectivity index (χ0) is 18.1. The molecule has 24 heavy (non-hydrogen) atoms. The first kappa shape index (κ1) is 18.7. The molecule has 2 N–H and O–H groups in total. The van der Waals surface area contributed by atoms with Crippen LogP contribution in [0.1, 0.15) is 53.4 Å². The van der Waals surface area contributed by atoms with Gasteiger partial charge in [-0.05, 0) is 46.6 Å². The molecule has 0 aromatic heterocycles. The largest absolute Gasteiger partial charge is 0.350 e. The van der Waals surface area contributed by atoms with Crippen LogP contribution in [0.15, 0.2) is 0 Å². The van der Waals surface area contributed by atoms with E-state index in [0.717, 1.165) is 19.3 Å². The number of hydrogen-bond acceptors (Lipinski definition) is 4. The van der Waals surface area contributed by atoms with Crippen molar-refractivity contribution in [3.05, 3.63) is 0 Å². The Labute approximate surface area is 144 Å². The normalized spacial score (nSPS) is 27.8. The molecule has 2 unspecified atom stereocenters. The molecule has 2 atom stereocenters. The monoisotopic (exact) mass is 338 g/mol. The predicted molar refractivity (Wildman–Crippen MR) is 91.1 cm³/mol. The van der Waals surface area contributed by atoms with Crippen molar-refractivity contribution in [3.63, 3.8) is 0 Å². The lowest BCUT2D eigenvalue weighted by Gasteiger charge is -2.37. The lowest BCUT2D eigenvalue weighted by molar-refractivity contribution is -0.136. The molecular formula is C17H30N4O3. The molecule has 2 aliphatic rings. The Morgan fingerprint density at radius 1 is 1.38 bits per heavy atom. The summed E-state index contributed by atoms with van der Waals surface area (Å²) in [6.45, 7) is 8.03. The van der Waals surface area contributed by atoms with Crippen molar-refractivity contribution in [1.29, 1.82) is 0 Å². The number of likely N-dealkylation sites (N-methyl/N-ethyl adjacent to an activating group) is 1. The van der Waals surface area contributed by atoms with Gasteiger partial charge in [-0.2, -0.15) is 0 Å². The van der Waals surface area contributed by atoms with Crippen molar-refractivity contribution in [2.45, 2.75) is 64.5 Å². The van der Waals surface area contributed by atoms with Crippen molar-refractivity contribution in [1.82, 2.24) is 20.4 Å². The number of amides is 4. The Morgan fingerprint density at radius 2 is 2.04 bits per heavy atom. The van der Waals surface area contributed by atoms with Gasteiger partial charge >= 0.3 is 6.03 Å². The lowest BCUT2D eigenvalue weighted by atomic mass is 9.73. The number of nitrogens with zero attached hydrogens (tertiary/aromatic N) is 2. The number of urea groups is 1. The summed E-state index contributed by atoms with van der Waals surface area (Å²) >= 11 is 0. The molecule has 0 radical (unpaired) electrons. The Kier molecular flexibility index (Phi) is 5.22. The highest BCUT2D eigenvalue weighted by Gasteiger charge is 2.54. The number of rotatable bonds is 4. The van der Waals surface area contributed by atoms with Crippen molar-refractivity contribution in [2.75, 3.05) is 20.3 Å². The van der Waals surface area contributed by atoms with Gasteiger partial charge < -0.3 is 10.6 Å². The second kappa shape index (κ2) is 6.70. The molecule has 1 saturated heterocycles. The number of carbonyl (C=O) groups is 3. The Bertz CT molecular complexity index is 528. The minimum atomic E-state index is -0.746. The van der Waals surface area contributed by atoms with Crippen molar-refractivity contribution in [2.24, 2.45) is 5.92 Å². The average molecular weight is 338 g/mol. The average Bonchev–Trinajstić information content (AvgIpc) is 2.65. The van der Waals surface area contributed by atoms with Crippen LogP contribution in [0.2, 0.25) is 0 Å². The molecule has 1 aliphatic carbocycles. The summed E-state index contributed by atoms with van der Waals surface area (Å²) in [6.07, 6.45) is 3.69. The van der Waals surface area contributed by atoms with Crippen LogP contribution in [-0.2, 0) is 9.59 Å². The molecule has 136 valence electrons. The summed E-state index contributed by atoms with van der Waals surface area (Å²) in [5, 5.41) is 5.80. The fourth-order valence-electron chi connectivity index (χ4n) is 3.62. The molecule has 4 amide bonds. The fraction of sp³-hybridized carbons (Fsp3) is 0.824. The summed E-state index contributed by atoms with van der Waals surface area (Å²) in [7, 11) is 1.73. The van der Waals surface area contributed by atoms with Crippen LogP contribution in [0.4, 0.5) is 4.79 Å². The van der Waals surface area contributed by atoms with Crippen LogP contribution in [0.3, 0.4) is 0 Å². The molecule has 0 bridgehead atoms. The molecule has 0 aromatic rings. The maximum Gasteiger partial charge on any atom is 0.326 e. The molecule has 7 heteroatoms. The van der Waals surface area contributed by atoms with E-state index < -0.39 is 5.54 Å². The minimum Gasteiger partial charge on any atom is -0.350 e. The fourth-order valence-corrected chi connectivity index (χ4v) is 3.62. The molecule has 7 nitrogen and oxygen atoms in total. The van der Waals surface area contributed by atoms with Crippen LogP contribution in [-0.4, -0.2) is 59.0 Å². The first-order valence-electron chi connectivity index (χ1n) is 8.69. The Hall–Kier alpha value is -1.63. The molecule has 0 aromatic carbocycles. The van der Waals surface area contributed by atoms with Gasteiger partial charge in [-0.15, -0.1) is 0 Å². The summed E-state index contributed by atoms with van der Waals surface area (Å²) in [5.41, 5.74) is -1.05. The van der Waals surface area contributed by atoms with E-state index in [9.17, 15) is 14.4 Å². The van der Waals surface area contributed by atoms with E-state index in [1.807, 2.05) is 27.7 Å². The standard InChI is InChI=1S/C17H30N4O3/c1-12-8-6-7-9-17(12)14(23)21(15(24)19-17)11-20(5)10-13(22)18-16(2,3)4/h12H,6-11H2,1-5H3,(H,18,22)(H,19,24). The van der Waals surface area contributed by atoms with E-state index in [0.29, 0.717) is 6.42 Å². The number of carbonyl (C=O) groups excluding carboxylic acids is 3. The van der Waals surface area contributed by atoms with E-state index in [1.54, 1.807) is 11.9 Å². The van der Waals surface area contributed by atoms with E-state index in [2.05, 4.69) is 10.6 Å². The smallest absolute Gasteiger partial charge is 0.326 e. The van der Waals surface area contributed by atoms with Gasteiger partial charge in [0.2, 0.25) is 5.91 Å². The molecule has 2 fully saturated rings. The summed E-state index contributed by atoms with van der Waals surface area (Å²) in [5.74, 6) is -0.136. The first-order chi connectivity index (χ1) is 11.0. The van der Waals surface area contributed by atoms with Gasteiger partial charge in [-0.3, -0.25) is 14.5 Å². The predicted octanol–water partition coefficient (Wildman–Crippen LogP) is 1.29. The second-order valence-corrected chi connectivity index (χ2v) is 8.24. The third-order valence-corrected chi connectivity index (χ3v) is 4.81. The number of nitrogens with one attached hydrogen (secondary N) is 2. The topological polar surface area (TPSA) is 81.8 Å². The second-order valence-electron chi connectivity index (χ2n) is 8.24. The zero-order valence-electron chi connectivity index (χ0n) is 15.4. The summed E-state index contributed by atoms with van der Waals surface area (Å²) in [6, 6.07) is -0.350. The maximum atomic E-state index is 12.9. The van der Waals surface area contributed by atoms with Crippen molar-refractivity contribution in [3.8, 4) is 0 Å². The van der Waals surface area contributed by atoms with Crippen LogP contribution < -0.4 is 10.6 Å². The zero-order valence-corrected chi connectivity index (χ0v) is 15.4. The third-order valence-electron chi connectivity index (χ3n) is 4.81. The van der Waals surface area contributed by atoms with E-state index >= 15 is 0 Å². The molecular weight excluding hydrogens is 308 g/mol. The van der Waals surface area contributed by atoms with Gasteiger partial charge in [-0.1, -0.05) is 19.8 Å². The Balaban J connectivity index is 1.98. The van der Waals surface area contributed by atoms with Gasteiger partial charge in [0.05, 0.1) is 13.2 Å². The summed E-state index contributed by atoms with van der Waals surface area (Å²) in [4.78, 5) is 40.1. The highest BCUT2D eigenvalue weighted by molar-refractivity contribution is 6.07. The molecule has 1 aliphatic heterocycles.